The first-order valence-corrected chi connectivity index (χ1v) is 7.40. The number of nitrogens with one attached hydrogen (secondary N) is 1. The van der Waals surface area contributed by atoms with E-state index in [-0.39, 0.29) is 12.4 Å². The maximum Gasteiger partial charge on any atom is 0.277 e. The molecule has 0 aliphatic carbocycles. The predicted molar refractivity (Wildman–Crippen MR) is 91.6 cm³/mol. The number of benzene rings is 3. The van der Waals surface area contributed by atoms with Crippen LogP contribution in [0.25, 0.3) is 10.8 Å². The van der Waals surface area contributed by atoms with Crippen LogP contribution in [0.2, 0.25) is 0 Å². The third-order valence-corrected chi connectivity index (χ3v) is 3.36. The van der Waals surface area contributed by atoms with Gasteiger partial charge < -0.3 is 4.74 Å². The molecule has 3 aromatic rings. The molecule has 0 unspecified atom stereocenters. The van der Waals surface area contributed by atoms with Crippen LogP contribution in [0.15, 0.2) is 71.8 Å². The van der Waals surface area contributed by atoms with Gasteiger partial charge in [0.05, 0.1) is 6.21 Å². The molecule has 0 atom stereocenters. The Morgan fingerprint density at radius 2 is 1.79 bits per heavy atom. The van der Waals surface area contributed by atoms with E-state index in [1.54, 1.807) is 6.21 Å². The maximum atomic E-state index is 12.8. The van der Waals surface area contributed by atoms with Crippen LogP contribution in [0, 0.1) is 5.82 Å². The number of carbonyl (C=O) groups is 1. The normalized spacial score (nSPS) is 10.9. The van der Waals surface area contributed by atoms with Crippen molar-refractivity contribution in [3.8, 4) is 5.75 Å². The second-order valence-electron chi connectivity index (χ2n) is 5.14. The monoisotopic (exact) mass is 322 g/mol. The Balaban J connectivity index is 1.52. The molecule has 0 saturated heterocycles. The highest BCUT2D eigenvalue weighted by Gasteiger charge is 2.01. The lowest BCUT2D eigenvalue weighted by atomic mass is 10.1. The van der Waals surface area contributed by atoms with Gasteiger partial charge in [-0.1, -0.05) is 36.4 Å². The van der Waals surface area contributed by atoms with E-state index in [2.05, 4.69) is 10.5 Å². The van der Waals surface area contributed by atoms with Gasteiger partial charge in [0.25, 0.3) is 5.91 Å². The van der Waals surface area contributed by atoms with Crippen LogP contribution in [0.1, 0.15) is 5.56 Å². The summed E-state index contributed by atoms with van der Waals surface area (Å²) in [4.78, 5) is 11.7. The van der Waals surface area contributed by atoms with Crippen LogP contribution in [0.5, 0.6) is 5.75 Å². The SMILES string of the molecule is O=C(COc1ccc(F)cc1)N/N=C/c1ccc2ccccc2c1. The molecule has 0 bridgehead atoms. The molecule has 5 heteroatoms. The van der Waals surface area contributed by atoms with Gasteiger partial charge in [-0.2, -0.15) is 5.10 Å². The molecule has 0 fully saturated rings. The minimum absolute atomic E-state index is 0.194. The Kier molecular flexibility index (Phi) is 4.81. The maximum absolute atomic E-state index is 12.8. The average molecular weight is 322 g/mol. The van der Waals surface area contributed by atoms with Gasteiger partial charge in [0.15, 0.2) is 6.61 Å². The van der Waals surface area contributed by atoms with Crippen LogP contribution < -0.4 is 10.2 Å². The second-order valence-corrected chi connectivity index (χ2v) is 5.14. The summed E-state index contributed by atoms with van der Waals surface area (Å²) in [5, 5.41) is 6.16. The van der Waals surface area contributed by atoms with Crippen molar-refractivity contribution < 1.29 is 13.9 Å². The van der Waals surface area contributed by atoms with Crippen molar-refractivity contribution in [2.75, 3.05) is 6.61 Å². The van der Waals surface area contributed by atoms with Crippen molar-refractivity contribution in [2.24, 2.45) is 5.10 Å². The Hall–Kier alpha value is -3.21. The number of hydrogen-bond acceptors (Lipinski definition) is 3. The second kappa shape index (κ2) is 7.37. The molecule has 0 aromatic heterocycles. The van der Waals surface area contributed by atoms with E-state index < -0.39 is 5.91 Å². The Morgan fingerprint density at radius 3 is 2.58 bits per heavy atom. The molecule has 1 N–H and O–H groups in total. The number of nitrogens with zero attached hydrogens (tertiary/aromatic N) is 1. The number of hydrogen-bond donors (Lipinski definition) is 1. The molecule has 0 spiro atoms. The van der Waals surface area contributed by atoms with Crippen LogP contribution >= 0.6 is 0 Å². The highest BCUT2D eigenvalue weighted by atomic mass is 19.1. The summed E-state index contributed by atoms with van der Waals surface area (Å²) < 4.78 is 18.0. The molecule has 1 amide bonds. The molecule has 24 heavy (non-hydrogen) atoms. The molecule has 120 valence electrons. The number of carbonyl (C=O) groups excluding carboxylic acids is 1. The Bertz CT molecular complexity index is 876. The predicted octanol–water partition coefficient (Wildman–Crippen LogP) is 3.51. The lowest BCUT2D eigenvalue weighted by Crippen LogP contribution is -2.24. The molecule has 4 nitrogen and oxygen atoms in total. The smallest absolute Gasteiger partial charge is 0.277 e. The van der Waals surface area contributed by atoms with Crippen molar-refractivity contribution in [1.82, 2.24) is 5.43 Å². The summed E-state index contributed by atoms with van der Waals surface area (Å²) in [6, 6.07) is 19.4. The van der Waals surface area contributed by atoms with E-state index in [0.717, 1.165) is 16.3 Å². The van der Waals surface area contributed by atoms with Crippen LogP contribution in [-0.4, -0.2) is 18.7 Å². The van der Waals surface area contributed by atoms with Crippen molar-refractivity contribution >= 4 is 22.9 Å². The van der Waals surface area contributed by atoms with Gasteiger partial charge in [-0.3, -0.25) is 4.79 Å². The zero-order chi connectivity index (χ0) is 16.8. The average Bonchev–Trinajstić information content (AvgIpc) is 2.61. The molecule has 3 aromatic carbocycles. The zero-order valence-electron chi connectivity index (χ0n) is 12.8. The van der Waals surface area contributed by atoms with Gasteiger partial charge in [-0.25, -0.2) is 9.82 Å². The topological polar surface area (TPSA) is 50.7 Å². The minimum Gasteiger partial charge on any atom is -0.484 e. The standard InChI is InChI=1S/C19H15FN2O2/c20-17-7-9-18(10-8-17)24-13-19(23)22-21-12-14-5-6-15-3-1-2-4-16(15)11-14/h1-12H,13H2,(H,22,23)/b21-12+. The van der Waals surface area contributed by atoms with Crippen LogP contribution in [0.4, 0.5) is 4.39 Å². The summed E-state index contributed by atoms with van der Waals surface area (Å²) in [6.45, 7) is -0.194. The van der Waals surface area contributed by atoms with Gasteiger partial charge in [-0.15, -0.1) is 0 Å². The number of amides is 1. The van der Waals surface area contributed by atoms with E-state index in [4.69, 9.17) is 4.74 Å². The summed E-state index contributed by atoms with van der Waals surface area (Å²) >= 11 is 0. The fourth-order valence-corrected chi connectivity index (χ4v) is 2.18. The van der Waals surface area contributed by atoms with E-state index in [1.165, 1.54) is 24.3 Å². The third kappa shape index (κ3) is 4.16. The highest BCUT2D eigenvalue weighted by Crippen LogP contribution is 2.14. The third-order valence-electron chi connectivity index (χ3n) is 3.36. The number of fused-ring (bicyclic) bond motifs is 1. The molecule has 0 heterocycles. The fourth-order valence-electron chi connectivity index (χ4n) is 2.18. The van der Waals surface area contributed by atoms with Crippen molar-refractivity contribution in [1.29, 1.82) is 0 Å². The van der Waals surface area contributed by atoms with Crippen molar-refractivity contribution in [2.45, 2.75) is 0 Å². The molecule has 0 aliphatic heterocycles. The first-order chi connectivity index (χ1) is 11.7. The lowest BCUT2D eigenvalue weighted by Gasteiger charge is -2.04. The summed E-state index contributed by atoms with van der Waals surface area (Å²) in [5.41, 5.74) is 3.28. The molecule has 3 rings (SSSR count). The number of halogens is 1. The largest absolute Gasteiger partial charge is 0.484 e. The van der Waals surface area contributed by atoms with Gasteiger partial charge in [0.2, 0.25) is 0 Å². The van der Waals surface area contributed by atoms with Crippen molar-refractivity contribution in [3.05, 3.63) is 78.1 Å². The first-order valence-electron chi connectivity index (χ1n) is 7.40. The van der Waals surface area contributed by atoms with Gasteiger partial charge in [-0.05, 0) is 46.7 Å². The minimum atomic E-state index is -0.392. The molecule has 0 saturated carbocycles. The molecule has 0 radical (unpaired) electrons. The lowest BCUT2D eigenvalue weighted by molar-refractivity contribution is -0.123. The van der Waals surface area contributed by atoms with E-state index in [0.29, 0.717) is 5.75 Å². The summed E-state index contributed by atoms with van der Waals surface area (Å²) in [6.07, 6.45) is 1.57. The first kappa shape index (κ1) is 15.7. The number of rotatable bonds is 5. The van der Waals surface area contributed by atoms with E-state index in [1.807, 2.05) is 42.5 Å². The van der Waals surface area contributed by atoms with Crippen LogP contribution in [0.3, 0.4) is 0 Å². The highest BCUT2D eigenvalue weighted by molar-refractivity contribution is 5.90. The zero-order valence-corrected chi connectivity index (χ0v) is 12.8. The Morgan fingerprint density at radius 1 is 1.04 bits per heavy atom. The Labute approximate surface area is 138 Å². The van der Waals surface area contributed by atoms with Crippen LogP contribution in [-0.2, 0) is 4.79 Å². The number of ether oxygens (including phenoxy) is 1. The molecular weight excluding hydrogens is 307 g/mol. The van der Waals surface area contributed by atoms with E-state index >= 15 is 0 Å². The van der Waals surface area contributed by atoms with Gasteiger partial charge in [0, 0.05) is 0 Å². The fraction of sp³-hybridized carbons (Fsp3) is 0.0526. The molecular formula is C19H15FN2O2. The van der Waals surface area contributed by atoms with Gasteiger partial charge in [0.1, 0.15) is 11.6 Å². The molecule has 0 aliphatic rings. The van der Waals surface area contributed by atoms with Crippen molar-refractivity contribution in [3.63, 3.8) is 0 Å². The quantitative estimate of drug-likeness (QED) is 0.577. The number of hydrazone groups is 1. The van der Waals surface area contributed by atoms with Gasteiger partial charge >= 0.3 is 0 Å². The summed E-state index contributed by atoms with van der Waals surface area (Å²) in [5.74, 6) is -0.326. The summed E-state index contributed by atoms with van der Waals surface area (Å²) in [7, 11) is 0. The van der Waals surface area contributed by atoms with E-state index in [9.17, 15) is 9.18 Å².